The predicted molar refractivity (Wildman–Crippen MR) is 92.4 cm³/mol. The van der Waals surface area contributed by atoms with E-state index in [1.54, 1.807) is 0 Å². The molecule has 0 fully saturated rings. The average Bonchev–Trinajstić information content (AvgIpc) is 2.48. The zero-order valence-corrected chi connectivity index (χ0v) is 15.9. The molecule has 0 saturated carbocycles. The molecule has 0 aromatic carbocycles. The minimum Gasteiger partial charge on any atom is -0.355 e. The zero-order valence-electron chi connectivity index (χ0n) is 15.9. The van der Waals surface area contributed by atoms with Gasteiger partial charge in [0.15, 0.2) is 0 Å². The first kappa shape index (κ1) is 24.8. The van der Waals surface area contributed by atoms with Crippen molar-refractivity contribution in [1.82, 2.24) is 0 Å². The molecule has 0 heterocycles. The van der Waals surface area contributed by atoms with Crippen molar-refractivity contribution in [3.8, 4) is 0 Å². The van der Waals surface area contributed by atoms with Crippen molar-refractivity contribution < 1.29 is 28.3 Å². The smallest absolute Gasteiger partial charge is 0.355 e. The normalized spacial score (nSPS) is 12.1. The van der Waals surface area contributed by atoms with Crippen LogP contribution in [-0.2, 0) is 9.47 Å². The summed E-state index contributed by atoms with van der Waals surface area (Å²) in [6, 6.07) is 0. The van der Waals surface area contributed by atoms with Crippen LogP contribution in [0, 0.1) is 12.3 Å². The van der Waals surface area contributed by atoms with Crippen LogP contribution in [0.1, 0.15) is 91.4 Å². The third-order valence-electron chi connectivity index (χ3n) is 3.93. The Hall–Kier alpha value is 0.517. The van der Waals surface area contributed by atoms with Crippen LogP contribution in [0.15, 0.2) is 0 Å². The van der Waals surface area contributed by atoms with Crippen LogP contribution in [0.4, 0.5) is 0 Å². The van der Waals surface area contributed by atoms with Crippen molar-refractivity contribution in [3.63, 3.8) is 0 Å². The van der Waals surface area contributed by atoms with Gasteiger partial charge in [0.2, 0.25) is 0 Å². The fourth-order valence-corrected chi connectivity index (χ4v) is 2.57. The average molecular weight is 306 g/mol. The molecular weight excluding hydrogens is 267 g/mol. The fourth-order valence-electron chi connectivity index (χ4n) is 2.57. The summed E-state index contributed by atoms with van der Waals surface area (Å²) in [5, 5.41) is 0. The van der Waals surface area contributed by atoms with Gasteiger partial charge in [-0.2, -0.15) is 13.3 Å². The van der Waals surface area contributed by atoms with E-state index in [0.717, 1.165) is 25.6 Å². The first-order valence-corrected chi connectivity index (χ1v) is 9.24. The Labute approximate surface area is 152 Å². The van der Waals surface area contributed by atoms with Crippen molar-refractivity contribution in [3.05, 3.63) is 6.42 Å². The third kappa shape index (κ3) is 20.5. The molecule has 2 nitrogen and oxygen atoms in total. The first-order chi connectivity index (χ1) is 10.3. The molecular formula is C19H39LiO2. The topological polar surface area (TPSA) is 18.5 Å². The summed E-state index contributed by atoms with van der Waals surface area (Å²) in [4.78, 5) is 0. The number of ether oxygens (including phenoxy) is 2. The third-order valence-corrected chi connectivity index (χ3v) is 3.93. The SMILES string of the molecule is C[CH-]CC(C)CCCOCOCCCCCCCCCC.[Li+]. The van der Waals surface area contributed by atoms with E-state index in [9.17, 15) is 0 Å². The summed E-state index contributed by atoms with van der Waals surface area (Å²) in [6.07, 6.45) is 16.7. The molecule has 0 bridgehead atoms. The van der Waals surface area contributed by atoms with Crippen LogP contribution in [0.2, 0.25) is 0 Å². The molecule has 0 radical (unpaired) electrons. The van der Waals surface area contributed by atoms with Crippen LogP contribution >= 0.6 is 0 Å². The van der Waals surface area contributed by atoms with E-state index < -0.39 is 0 Å². The molecule has 0 amide bonds. The van der Waals surface area contributed by atoms with E-state index in [1.165, 1.54) is 64.2 Å². The van der Waals surface area contributed by atoms with Crippen LogP contribution in [0.3, 0.4) is 0 Å². The number of hydrogen-bond donors (Lipinski definition) is 0. The molecule has 128 valence electrons. The van der Waals surface area contributed by atoms with E-state index >= 15 is 0 Å². The maximum atomic E-state index is 5.50. The van der Waals surface area contributed by atoms with Crippen molar-refractivity contribution in [2.75, 3.05) is 20.0 Å². The van der Waals surface area contributed by atoms with Gasteiger partial charge in [-0.15, -0.1) is 0 Å². The van der Waals surface area contributed by atoms with Gasteiger partial charge in [0.25, 0.3) is 0 Å². The van der Waals surface area contributed by atoms with Crippen LogP contribution in [-0.4, -0.2) is 20.0 Å². The zero-order chi connectivity index (χ0) is 15.6. The van der Waals surface area contributed by atoms with E-state index in [0.29, 0.717) is 6.79 Å². The summed E-state index contributed by atoms with van der Waals surface area (Å²) >= 11 is 0. The van der Waals surface area contributed by atoms with Gasteiger partial charge in [0.1, 0.15) is 6.79 Å². The number of hydrogen-bond acceptors (Lipinski definition) is 2. The number of rotatable bonds is 17. The Balaban J connectivity index is 0. The first-order valence-electron chi connectivity index (χ1n) is 9.24. The van der Waals surface area contributed by atoms with E-state index in [4.69, 9.17) is 9.47 Å². The van der Waals surface area contributed by atoms with E-state index in [1.807, 2.05) is 0 Å². The van der Waals surface area contributed by atoms with Crippen molar-refractivity contribution >= 4 is 0 Å². The van der Waals surface area contributed by atoms with Crippen LogP contribution in [0.5, 0.6) is 0 Å². The van der Waals surface area contributed by atoms with Crippen molar-refractivity contribution in [1.29, 1.82) is 0 Å². The monoisotopic (exact) mass is 306 g/mol. The molecule has 0 saturated heterocycles. The molecule has 0 rings (SSSR count). The predicted octanol–water partition coefficient (Wildman–Crippen LogP) is 3.15. The Kier molecular flexibility index (Phi) is 24.2. The van der Waals surface area contributed by atoms with Gasteiger partial charge < -0.3 is 15.9 Å². The molecule has 0 aliphatic heterocycles. The molecule has 0 aliphatic carbocycles. The standard InChI is InChI=1S/C19H39O2.Li/c1-4-6-7-8-9-10-11-12-16-20-18-21-17-13-15-19(3)14-5-2;/h5,19H,4,6-18H2,1-3H3;/q-1;+1. The quantitative estimate of drug-likeness (QED) is 0.178. The van der Waals surface area contributed by atoms with Gasteiger partial charge in [0, 0.05) is 13.2 Å². The van der Waals surface area contributed by atoms with Gasteiger partial charge in [-0.05, 0) is 12.8 Å². The molecule has 0 N–H and O–H groups in total. The minimum absolute atomic E-state index is 0. The molecule has 3 heteroatoms. The van der Waals surface area contributed by atoms with Crippen molar-refractivity contribution in [2.24, 2.45) is 5.92 Å². The van der Waals surface area contributed by atoms with E-state index in [-0.39, 0.29) is 18.9 Å². The van der Waals surface area contributed by atoms with Gasteiger partial charge in [0.05, 0.1) is 0 Å². The fraction of sp³-hybridized carbons (Fsp3) is 0.947. The summed E-state index contributed by atoms with van der Waals surface area (Å²) < 4.78 is 11.0. The summed E-state index contributed by atoms with van der Waals surface area (Å²) in [7, 11) is 0. The summed E-state index contributed by atoms with van der Waals surface area (Å²) in [6.45, 7) is 8.88. The largest absolute Gasteiger partial charge is 1.00 e. The molecule has 0 aromatic rings. The van der Waals surface area contributed by atoms with Gasteiger partial charge in [-0.25, -0.2) is 0 Å². The Morgan fingerprint density at radius 2 is 1.36 bits per heavy atom. The Morgan fingerprint density at radius 3 is 1.95 bits per heavy atom. The molecule has 1 atom stereocenters. The van der Waals surface area contributed by atoms with Gasteiger partial charge in [-0.3, -0.25) is 0 Å². The van der Waals surface area contributed by atoms with Gasteiger partial charge >= 0.3 is 18.9 Å². The van der Waals surface area contributed by atoms with E-state index in [2.05, 4.69) is 27.2 Å². The number of unbranched alkanes of at least 4 members (excludes halogenated alkanes) is 7. The molecule has 1 unspecified atom stereocenters. The van der Waals surface area contributed by atoms with Crippen molar-refractivity contribution in [2.45, 2.75) is 91.4 Å². The second-order valence-electron chi connectivity index (χ2n) is 6.30. The molecule has 22 heavy (non-hydrogen) atoms. The molecule has 0 spiro atoms. The summed E-state index contributed by atoms with van der Waals surface area (Å²) in [5.41, 5.74) is 0. The van der Waals surface area contributed by atoms with Gasteiger partial charge in [-0.1, -0.05) is 71.1 Å². The maximum absolute atomic E-state index is 5.50. The molecule has 0 aromatic heterocycles. The Bertz CT molecular complexity index is 188. The second kappa shape index (κ2) is 21.5. The summed E-state index contributed by atoms with van der Waals surface area (Å²) in [5.74, 6) is 0.789. The van der Waals surface area contributed by atoms with Crippen LogP contribution in [0.25, 0.3) is 0 Å². The second-order valence-corrected chi connectivity index (χ2v) is 6.30. The minimum atomic E-state index is 0. The van der Waals surface area contributed by atoms with Crippen LogP contribution < -0.4 is 18.9 Å². The maximum Gasteiger partial charge on any atom is 1.00 e. The Morgan fingerprint density at radius 1 is 0.818 bits per heavy atom. The molecule has 0 aliphatic rings.